The molecule has 354 valence electrons. The zero-order chi connectivity index (χ0) is 53.7. The molecule has 6 heteroatoms. The first-order valence-corrected chi connectivity index (χ1v) is 25.6. The molecule has 0 atom stereocenters. The summed E-state index contributed by atoms with van der Waals surface area (Å²) in [4.78, 5) is 7.19. The summed E-state index contributed by atoms with van der Waals surface area (Å²) in [6.45, 7) is 1.88. The zero-order valence-electron chi connectivity index (χ0n) is 44.8. The van der Waals surface area contributed by atoms with E-state index in [-0.39, 0.29) is 17.6 Å². The number of anilines is 3. The monoisotopic (exact) mass is 1130 g/mol. The molecule has 2 aromatic heterocycles. The molecule has 0 amide bonds. The van der Waals surface area contributed by atoms with Crippen LogP contribution < -0.4 is 9.64 Å². The van der Waals surface area contributed by atoms with Crippen LogP contribution in [0.5, 0.6) is 11.5 Å². The number of ether oxygens (including phenoxy) is 1. The average molecular weight is 1130 g/mol. The topological polar surface area (TPSA) is 35.2 Å². The van der Waals surface area contributed by atoms with Crippen molar-refractivity contribution >= 4 is 28.2 Å². The molecule has 1 aliphatic carbocycles. The molecular formula is C68H44N4OPt-2. The minimum Gasteiger partial charge on any atom is -0.0616 e. The third kappa shape index (κ3) is 6.81. The van der Waals surface area contributed by atoms with Crippen molar-refractivity contribution in [3.63, 3.8) is 0 Å². The summed E-state index contributed by atoms with van der Waals surface area (Å²) in [7, 11) is 0. The number of pyridine rings is 1. The normalized spacial score (nSPS) is 13.8. The first kappa shape index (κ1) is 38.7. The van der Waals surface area contributed by atoms with Crippen molar-refractivity contribution in [2.24, 2.45) is 0 Å². The number of hydrogen-bond acceptors (Lipinski definition) is 3. The summed E-state index contributed by atoms with van der Waals surface area (Å²) in [5.41, 5.74) is 17.1. The molecule has 1 spiro atoms. The second-order valence-corrected chi connectivity index (χ2v) is 19.5. The van der Waals surface area contributed by atoms with E-state index in [0.29, 0.717) is 28.4 Å². The third-order valence-corrected chi connectivity index (χ3v) is 15.5. The van der Waals surface area contributed by atoms with E-state index in [1.807, 2.05) is 49.4 Å². The van der Waals surface area contributed by atoms with Crippen LogP contribution in [0.15, 0.2) is 249 Å². The van der Waals surface area contributed by atoms with Gasteiger partial charge < -0.3 is 0 Å². The second kappa shape index (κ2) is 17.7. The Morgan fingerprint density at radius 3 is 1.74 bits per heavy atom. The van der Waals surface area contributed by atoms with Crippen molar-refractivity contribution in [3.8, 4) is 67.4 Å². The molecular weight excluding hydrogens is 1080 g/mol. The number of fused-ring (bicyclic) bond motifs is 10. The molecule has 74 heavy (non-hydrogen) atoms. The smallest absolute Gasteiger partial charge is 0.0616 e. The molecule has 0 radical (unpaired) electrons. The number of imidazole rings is 1. The predicted molar refractivity (Wildman–Crippen MR) is 294 cm³/mol. The van der Waals surface area contributed by atoms with Gasteiger partial charge in [0, 0.05) is 11.8 Å². The molecule has 10 aromatic carbocycles. The Bertz CT molecular complexity index is 4410. The van der Waals surface area contributed by atoms with Crippen LogP contribution in [-0.2, 0) is 24.8 Å². The quantitative estimate of drug-likeness (QED) is 0.142. The molecule has 0 saturated carbocycles. The molecule has 14 rings (SSSR count). The van der Waals surface area contributed by atoms with Crippen molar-refractivity contribution in [2.75, 3.05) is 4.90 Å². The average Bonchev–Trinajstić information content (AvgIpc) is 4.05. The standard InChI is InChI=1S/C68H44N4O.Pt/c1-46-41-66(69-44-57(46)49-25-9-4-10-26-49)72-62-36-16-15-35-60(62)68(58-33-13-11-29-55(58)56-30-12-14-34-59(56)68)61-40-39-52(43-65(61)72)73-51-28-19-27-50(42-51)70-45-71(64-38-18-17-37-63(64)70)67-53(47-21-5-2-6-22-47)31-20-32-54(67)48-23-7-3-8-24-48;/h2-41,44H,1H3;/q-2;/i4D,9D,10D,25D,26D;. The number of hydrogen-bond donors (Lipinski definition) is 0. The molecule has 0 fully saturated rings. The van der Waals surface area contributed by atoms with Gasteiger partial charge in [-0.3, -0.25) is 0 Å². The summed E-state index contributed by atoms with van der Waals surface area (Å²) in [6.07, 6.45) is 1.62. The maximum absolute atomic E-state index is 8.82. The van der Waals surface area contributed by atoms with Crippen molar-refractivity contribution in [3.05, 3.63) is 292 Å². The van der Waals surface area contributed by atoms with Crippen molar-refractivity contribution in [1.29, 1.82) is 0 Å². The van der Waals surface area contributed by atoms with Crippen LogP contribution in [0.4, 0.5) is 17.2 Å². The molecule has 12 aromatic rings. The van der Waals surface area contributed by atoms with E-state index in [4.69, 9.17) is 16.6 Å². The van der Waals surface area contributed by atoms with E-state index < -0.39 is 23.5 Å². The molecule has 1 aliphatic heterocycles. The summed E-state index contributed by atoms with van der Waals surface area (Å²) < 4.78 is 55.3. The van der Waals surface area contributed by atoms with E-state index >= 15 is 0 Å². The van der Waals surface area contributed by atoms with Crippen LogP contribution in [0.2, 0.25) is 0 Å². The van der Waals surface area contributed by atoms with Crippen LogP contribution in [-0.4, -0.2) is 14.1 Å². The molecule has 5 nitrogen and oxygen atoms in total. The molecule has 0 N–H and O–H groups in total. The van der Waals surface area contributed by atoms with Gasteiger partial charge in [0.2, 0.25) is 0 Å². The predicted octanol–water partition coefficient (Wildman–Crippen LogP) is 16.7. The first-order valence-electron chi connectivity index (χ1n) is 27.0. The number of nitrogens with zero attached hydrogens (tertiary/aromatic N) is 4. The van der Waals surface area contributed by atoms with Gasteiger partial charge in [-0.2, -0.15) is 0 Å². The summed E-state index contributed by atoms with van der Waals surface area (Å²) in [6, 6.07) is 79.5. The fourth-order valence-electron chi connectivity index (χ4n) is 11.4. The van der Waals surface area contributed by atoms with E-state index in [2.05, 4.69) is 215 Å². The molecule has 0 unspecified atom stereocenters. The van der Waals surface area contributed by atoms with Crippen LogP contribution in [0.1, 0.15) is 34.7 Å². The van der Waals surface area contributed by atoms with Gasteiger partial charge in [-0.15, -0.1) is 0 Å². The summed E-state index contributed by atoms with van der Waals surface area (Å²) in [5.74, 6) is 1.52. The van der Waals surface area contributed by atoms with Crippen molar-refractivity contribution in [1.82, 2.24) is 14.1 Å². The van der Waals surface area contributed by atoms with Gasteiger partial charge >= 0.3 is 306 Å². The van der Waals surface area contributed by atoms with Crippen LogP contribution >= 0.6 is 0 Å². The summed E-state index contributed by atoms with van der Waals surface area (Å²) in [5, 5.41) is 0. The molecule has 0 saturated heterocycles. The summed E-state index contributed by atoms with van der Waals surface area (Å²) >= 11 is 2.45. The first-order chi connectivity index (χ1) is 38.6. The molecule has 0 bridgehead atoms. The van der Waals surface area contributed by atoms with Crippen molar-refractivity contribution < 1.29 is 30.9 Å². The molecule has 3 heterocycles. The van der Waals surface area contributed by atoms with Gasteiger partial charge in [0.15, 0.2) is 0 Å². The van der Waals surface area contributed by atoms with Gasteiger partial charge in [0.05, 0.1) is 6.85 Å². The third-order valence-electron chi connectivity index (χ3n) is 14.5. The Kier molecular flexibility index (Phi) is 9.27. The van der Waals surface area contributed by atoms with Gasteiger partial charge in [-0.1, -0.05) is 96.9 Å². The maximum atomic E-state index is 8.82. The minimum atomic E-state index is -0.750. The van der Waals surface area contributed by atoms with E-state index in [1.165, 1.54) is 0 Å². The Hall–Kier alpha value is -8.89. The Morgan fingerprint density at radius 1 is 0.500 bits per heavy atom. The second-order valence-electron chi connectivity index (χ2n) is 18.5. The van der Waals surface area contributed by atoms with Crippen LogP contribution in [0.25, 0.3) is 66.9 Å². The van der Waals surface area contributed by atoms with Crippen LogP contribution in [0.3, 0.4) is 0 Å². The molecule has 2 aliphatic rings. The Morgan fingerprint density at radius 2 is 1.07 bits per heavy atom. The fraction of sp³-hybridized carbons (Fsp3) is 0.0294. The zero-order valence-corrected chi connectivity index (χ0v) is 42.1. The SMILES string of the molecule is [2H]c1c([2H])c([2H])c(-c2cnc(N3c4[c-]c(Oc5[c-]c(-n6[c](=[Pt])n(-c7c(-c8ccccc8)cccc7-c7ccccc7)c7ccccc76)ccc5)ccc4C4(c5ccccc5-c5ccccc54)c4ccccc43)cc2C)c([2H])c1[2H]. The number of benzene rings is 10. The Labute approximate surface area is 448 Å². The Balaban J connectivity index is 0.934. The number of aryl methyl sites for hydroxylation is 1. The van der Waals surface area contributed by atoms with E-state index in [1.54, 1.807) is 6.20 Å². The fourth-order valence-corrected chi connectivity index (χ4v) is 12.5. The number of aromatic nitrogens is 3. The number of para-hydroxylation sites is 4. The van der Waals surface area contributed by atoms with E-state index in [0.717, 1.165) is 93.2 Å². The van der Waals surface area contributed by atoms with Gasteiger partial charge in [0.1, 0.15) is 0 Å². The van der Waals surface area contributed by atoms with E-state index in [9.17, 15) is 0 Å². The minimum absolute atomic E-state index is 0.104. The van der Waals surface area contributed by atoms with Gasteiger partial charge in [-0.05, 0) is 29.2 Å². The van der Waals surface area contributed by atoms with Crippen molar-refractivity contribution in [2.45, 2.75) is 12.3 Å². The van der Waals surface area contributed by atoms with Gasteiger partial charge in [0.25, 0.3) is 0 Å². The van der Waals surface area contributed by atoms with Gasteiger partial charge in [-0.25, -0.2) is 0 Å². The van der Waals surface area contributed by atoms with Crippen LogP contribution in [0, 0.1) is 22.9 Å². The number of rotatable bonds is 8.